The lowest BCUT2D eigenvalue weighted by Gasteiger charge is -2.25. The number of aromatic nitrogens is 3. The Bertz CT molecular complexity index is 1130. The number of hydrogen-bond acceptors (Lipinski definition) is 4. The van der Waals surface area contributed by atoms with E-state index in [1.807, 2.05) is 67.2 Å². The first kappa shape index (κ1) is 17.9. The summed E-state index contributed by atoms with van der Waals surface area (Å²) >= 11 is 0. The molecule has 148 valence electrons. The number of fused-ring (bicyclic) bond motifs is 1. The molecule has 0 fully saturated rings. The van der Waals surface area contributed by atoms with Crippen molar-refractivity contribution in [2.45, 2.75) is 12.6 Å². The Morgan fingerprint density at radius 2 is 2.10 bits per heavy atom. The number of imidazole rings is 1. The van der Waals surface area contributed by atoms with E-state index in [-0.39, 0.29) is 12.1 Å². The minimum Gasteiger partial charge on any atom is -0.358 e. The lowest BCUT2D eigenvalue weighted by Crippen LogP contribution is -2.37. The molecule has 0 aliphatic carbocycles. The van der Waals surface area contributed by atoms with Gasteiger partial charge >= 0.3 is 0 Å². The summed E-state index contributed by atoms with van der Waals surface area (Å²) in [4.78, 5) is 25.4. The van der Waals surface area contributed by atoms with Gasteiger partial charge in [0, 0.05) is 29.9 Å². The molecule has 1 unspecified atom stereocenters. The van der Waals surface area contributed by atoms with Crippen LogP contribution in [0, 0.1) is 0 Å². The molecule has 0 saturated carbocycles. The van der Waals surface area contributed by atoms with E-state index in [2.05, 4.69) is 36.6 Å². The molecule has 0 radical (unpaired) electrons. The van der Waals surface area contributed by atoms with E-state index in [1.54, 1.807) is 12.5 Å². The predicted molar refractivity (Wildman–Crippen MR) is 113 cm³/mol. The van der Waals surface area contributed by atoms with Crippen LogP contribution in [-0.4, -0.2) is 26.9 Å². The van der Waals surface area contributed by atoms with Crippen LogP contribution in [0.5, 0.6) is 0 Å². The predicted octanol–water partition coefficient (Wildman–Crippen LogP) is 2.60. The fourth-order valence-corrected chi connectivity index (χ4v) is 3.70. The van der Waals surface area contributed by atoms with Crippen LogP contribution in [0.2, 0.25) is 0 Å². The maximum Gasteiger partial charge on any atom is 0.273 e. The molecule has 4 N–H and O–H groups in total. The molecule has 0 saturated heterocycles. The highest BCUT2D eigenvalue weighted by molar-refractivity contribution is 6.04. The lowest BCUT2D eigenvalue weighted by molar-refractivity contribution is -0.378. The molecule has 2 aliphatic heterocycles. The normalized spacial score (nSPS) is 17.1. The van der Waals surface area contributed by atoms with E-state index in [9.17, 15) is 4.79 Å². The molecule has 30 heavy (non-hydrogen) atoms. The van der Waals surface area contributed by atoms with Gasteiger partial charge in [0.05, 0.1) is 23.9 Å². The van der Waals surface area contributed by atoms with Crippen molar-refractivity contribution in [1.82, 2.24) is 20.2 Å². The Balaban J connectivity index is 1.33. The number of carbonyl (C=O) groups excluding carboxylic acids is 1. The maximum atomic E-state index is 13.0. The lowest BCUT2D eigenvalue weighted by atomic mass is 10.1. The fraction of sp³-hybridized carbons (Fsp3) is 0.0870. The van der Waals surface area contributed by atoms with E-state index in [0.29, 0.717) is 5.70 Å². The number of carbonyl (C=O) groups is 1. The van der Waals surface area contributed by atoms with E-state index < -0.39 is 0 Å². The Kier molecular flexibility index (Phi) is 4.61. The number of hydrogen-bond donors (Lipinski definition) is 3. The summed E-state index contributed by atoms with van der Waals surface area (Å²) in [5, 5.41) is 6.40. The third kappa shape index (κ3) is 3.48. The van der Waals surface area contributed by atoms with Gasteiger partial charge < -0.3 is 20.5 Å². The smallest absolute Gasteiger partial charge is 0.273 e. The molecule has 7 heteroatoms. The second-order valence-corrected chi connectivity index (χ2v) is 7.14. The van der Waals surface area contributed by atoms with Gasteiger partial charge in [-0.25, -0.2) is 9.97 Å². The average Bonchev–Trinajstić information content (AvgIpc) is 3.44. The highest BCUT2D eigenvalue weighted by Gasteiger charge is 2.33. The first-order valence-electron chi connectivity index (χ1n) is 9.77. The fourth-order valence-electron chi connectivity index (χ4n) is 3.70. The van der Waals surface area contributed by atoms with Crippen molar-refractivity contribution in [3.05, 3.63) is 103 Å². The zero-order chi connectivity index (χ0) is 20.3. The number of nitrogens with zero attached hydrogens (tertiary/aromatic N) is 2. The number of anilines is 1. The maximum absolute atomic E-state index is 13.0. The van der Waals surface area contributed by atoms with Crippen LogP contribution in [0.1, 0.15) is 5.56 Å². The van der Waals surface area contributed by atoms with Crippen LogP contribution in [0.25, 0.3) is 11.3 Å². The SMILES string of the molecule is O=C(Nc1ccc(-c2cnc[nH]2)cc1)C1=C2C=CC=CN2C(Cc2ccc[nH+]c2)N1. The highest BCUT2D eigenvalue weighted by Crippen LogP contribution is 2.27. The molecule has 2 aliphatic rings. The van der Waals surface area contributed by atoms with Gasteiger partial charge in [-0.3, -0.25) is 4.79 Å². The molecule has 4 heterocycles. The number of H-pyrrole nitrogens is 2. The summed E-state index contributed by atoms with van der Waals surface area (Å²) in [5.74, 6) is -0.161. The molecule has 1 amide bonds. The van der Waals surface area contributed by atoms with Crippen molar-refractivity contribution in [3.63, 3.8) is 0 Å². The number of benzene rings is 1. The van der Waals surface area contributed by atoms with E-state index in [1.165, 1.54) is 0 Å². The minimum atomic E-state index is -0.161. The highest BCUT2D eigenvalue weighted by atomic mass is 16.2. The number of amides is 1. The van der Waals surface area contributed by atoms with Gasteiger partial charge in [0.2, 0.25) is 0 Å². The van der Waals surface area contributed by atoms with Crippen LogP contribution in [0.15, 0.2) is 97.1 Å². The summed E-state index contributed by atoms with van der Waals surface area (Å²) in [5.41, 5.74) is 5.28. The zero-order valence-corrected chi connectivity index (χ0v) is 16.2. The molecule has 2 aromatic heterocycles. The second kappa shape index (κ2) is 7.71. The second-order valence-electron chi connectivity index (χ2n) is 7.14. The van der Waals surface area contributed by atoms with Crippen molar-refractivity contribution in [2.24, 2.45) is 0 Å². The van der Waals surface area contributed by atoms with Gasteiger partial charge in [-0.05, 0) is 35.9 Å². The zero-order valence-electron chi connectivity index (χ0n) is 16.2. The van der Waals surface area contributed by atoms with Crippen molar-refractivity contribution >= 4 is 11.6 Å². The van der Waals surface area contributed by atoms with Gasteiger partial charge in [0.1, 0.15) is 11.9 Å². The van der Waals surface area contributed by atoms with E-state index in [0.717, 1.165) is 34.6 Å². The molecule has 3 aromatic rings. The monoisotopic (exact) mass is 397 g/mol. The molecule has 5 rings (SSSR count). The third-order valence-corrected chi connectivity index (χ3v) is 5.17. The van der Waals surface area contributed by atoms with E-state index >= 15 is 0 Å². The number of nitrogens with one attached hydrogen (secondary N) is 4. The first-order valence-corrected chi connectivity index (χ1v) is 9.77. The van der Waals surface area contributed by atoms with Gasteiger partial charge in [-0.1, -0.05) is 18.2 Å². The molecule has 0 spiro atoms. The number of pyridine rings is 1. The average molecular weight is 397 g/mol. The Labute approximate surface area is 173 Å². The van der Waals surface area contributed by atoms with Gasteiger partial charge in [-0.2, -0.15) is 0 Å². The van der Waals surface area contributed by atoms with Crippen molar-refractivity contribution in [2.75, 3.05) is 5.32 Å². The first-order chi connectivity index (χ1) is 14.8. The van der Waals surface area contributed by atoms with Crippen molar-refractivity contribution < 1.29 is 9.78 Å². The summed E-state index contributed by atoms with van der Waals surface area (Å²) in [7, 11) is 0. The Morgan fingerprint density at radius 1 is 1.20 bits per heavy atom. The number of rotatable bonds is 5. The van der Waals surface area contributed by atoms with Crippen LogP contribution < -0.4 is 15.6 Å². The Hall–Kier alpha value is -4.13. The summed E-state index contributed by atoms with van der Waals surface area (Å²) in [6, 6.07) is 11.7. The Morgan fingerprint density at radius 3 is 2.87 bits per heavy atom. The summed E-state index contributed by atoms with van der Waals surface area (Å²) in [6.45, 7) is 0. The van der Waals surface area contributed by atoms with Crippen LogP contribution in [0.4, 0.5) is 5.69 Å². The van der Waals surface area contributed by atoms with E-state index in [4.69, 9.17) is 0 Å². The summed E-state index contributed by atoms with van der Waals surface area (Å²) < 4.78 is 0. The minimum absolute atomic E-state index is 0.0273. The van der Waals surface area contributed by atoms with Crippen LogP contribution in [0.3, 0.4) is 0 Å². The van der Waals surface area contributed by atoms with Crippen LogP contribution >= 0.6 is 0 Å². The molecule has 1 aromatic carbocycles. The van der Waals surface area contributed by atoms with Gasteiger partial charge in [0.25, 0.3) is 5.91 Å². The number of aromatic amines is 2. The van der Waals surface area contributed by atoms with Gasteiger partial charge in [0.15, 0.2) is 12.4 Å². The molecule has 7 nitrogen and oxygen atoms in total. The van der Waals surface area contributed by atoms with Crippen molar-refractivity contribution in [3.8, 4) is 11.3 Å². The standard InChI is InChI=1S/C23H20N6O/c30-23(27-18-8-6-17(7-9-18)19-14-25-15-26-19)22-20-5-1-2-11-29(20)21(28-22)12-16-4-3-10-24-13-16/h1-11,13-15,21,28H,12H2,(H,25,26)(H,27,30)/p+1. The third-order valence-electron chi connectivity index (χ3n) is 5.17. The molecular formula is C23H21N6O+. The molecule has 0 bridgehead atoms. The topological polar surface area (TPSA) is 87.2 Å². The largest absolute Gasteiger partial charge is 0.358 e. The van der Waals surface area contributed by atoms with Crippen LogP contribution in [-0.2, 0) is 11.2 Å². The molecular weight excluding hydrogens is 376 g/mol. The quantitative estimate of drug-likeness (QED) is 0.618. The summed E-state index contributed by atoms with van der Waals surface area (Å²) in [6.07, 6.45) is 15.9. The molecule has 1 atom stereocenters. The van der Waals surface area contributed by atoms with Gasteiger partial charge in [-0.15, -0.1) is 0 Å². The number of allylic oxidation sites excluding steroid dienone is 3. The van der Waals surface area contributed by atoms with Crippen molar-refractivity contribution in [1.29, 1.82) is 0 Å².